The van der Waals surface area contributed by atoms with Gasteiger partial charge < -0.3 is 5.11 Å². The highest BCUT2D eigenvalue weighted by Crippen LogP contribution is 2.32. The van der Waals surface area contributed by atoms with Crippen LogP contribution in [0.1, 0.15) is 21.5 Å². The van der Waals surface area contributed by atoms with Gasteiger partial charge in [0.15, 0.2) is 17.7 Å². The molecule has 0 spiro atoms. The van der Waals surface area contributed by atoms with Gasteiger partial charge in [0.1, 0.15) is 5.82 Å². The number of ketones is 1. The molecule has 1 N–H and O–H groups in total. The zero-order chi connectivity index (χ0) is 19.1. The number of aliphatic imine (C=N–C) groups is 1. The maximum absolute atomic E-state index is 13.2. The Labute approximate surface area is 150 Å². The Morgan fingerprint density at radius 3 is 2.69 bits per heavy atom. The summed E-state index contributed by atoms with van der Waals surface area (Å²) in [5.41, 5.74) is 0.332. The molecule has 2 aromatic rings. The minimum absolute atomic E-state index is 0.0220. The van der Waals surface area contributed by atoms with Crippen molar-refractivity contribution < 1.29 is 27.5 Å². The zero-order valence-electron chi connectivity index (χ0n) is 13.0. The molecule has 0 aliphatic carbocycles. The Bertz CT molecular complexity index is 912. The van der Waals surface area contributed by atoms with Crippen molar-refractivity contribution in [2.24, 2.45) is 4.99 Å². The van der Waals surface area contributed by atoms with Crippen LogP contribution in [0.3, 0.4) is 0 Å². The molecule has 26 heavy (non-hydrogen) atoms. The molecule has 1 aromatic heterocycles. The molecular formula is C17H11ClF4N2O2. The number of Topliss-reactive ketones (excluding diaryl/α,β-unsaturated/α-hetero) is 1. The van der Waals surface area contributed by atoms with E-state index in [-0.39, 0.29) is 34.8 Å². The van der Waals surface area contributed by atoms with Crippen molar-refractivity contribution in [3.05, 3.63) is 58.0 Å². The predicted octanol–water partition coefficient (Wildman–Crippen LogP) is 3.85. The van der Waals surface area contributed by atoms with E-state index < -0.39 is 29.6 Å². The number of aliphatic hydroxyl groups is 1. The van der Waals surface area contributed by atoms with Crippen LogP contribution in [-0.2, 0) is 12.8 Å². The van der Waals surface area contributed by atoms with Crippen molar-refractivity contribution in [2.45, 2.75) is 25.1 Å². The Morgan fingerprint density at radius 2 is 2.04 bits per heavy atom. The van der Waals surface area contributed by atoms with Gasteiger partial charge in [0.25, 0.3) is 0 Å². The van der Waals surface area contributed by atoms with Crippen molar-refractivity contribution in [1.29, 1.82) is 0 Å². The van der Waals surface area contributed by atoms with Crippen LogP contribution in [0, 0.1) is 5.82 Å². The third-order valence-corrected chi connectivity index (χ3v) is 4.20. The molecule has 0 amide bonds. The van der Waals surface area contributed by atoms with Gasteiger partial charge in [-0.05, 0) is 23.8 Å². The van der Waals surface area contributed by atoms with E-state index >= 15 is 0 Å². The number of carbonyl (C=O) groups excluding carboxylic acids is 1. The average molecular weight is 387 g/mol. The number of hydrogen-bond acceptors (Lipinski definition) is 4. The second-order valence-electron chi connectivity index (χ2n) is 5.73. The molecule has 0 saturated heterocycles. The first kappa shape index (κ1) is 18.5. The molecule has 136 valence electrons. The third-order valence-electron chi connectivity index (χ3n) is 3.92. The zero-order valence-corrected chi connectivity index (χ0v) is 13.8. The lowest BCUT2D eigenvalue weighted by Gasteiger charge is -2.14. The summed E-state index contributed by atoms with van der Waals surface area (Å²) in [6.07, 6.45) is -6.75. The van der Waals surface area contributed by atoms with E-state index in [2.05, 4.69) is 9.98 Å². The van der Waals surface area contributed by atoms with Crippen molar-refractivity contribution in [3.8, 4) is 0 Å². The monoisotopic (exact) mass is 386 g/mol. The summed E-state index contributed by atoms with van der Waals surface area (Å²) in [4.78, 5) is 20.1. The number of pyridine rings is 1. The smallest absolute Gasteiger partial charge is 0.378 e. The molecule has 0 bridgehead atoms. The number of alkyl halides is 3. The standard InChI is InChI=1S/C17H11ClF4N2O2/c18-11-5-8(1-2-12(11)19)6-14(25)9-3-4-23-16-10(9)7-13(24-16)15(26)17(20,21)22/h1-5,15,26H,6-7H2. The molecule has 1 aliphatic heterocycles. The summed E-state index contributed by atoms with van der Waals surface area (Å²) in [6, 6.07) is 5.22. The van der Waals surface area contributed by atoms with Gasteiger partial charge in [0.05, 0.1) is 10.7 Å². The molecule has 4 nitrogen and oxygen atoms in total. The van der Waals surface area contributed by atoms with Crippen LogP contribution in [0.25, 0.3) is 0 Å². The Morgan fingerprint density at radius 1 is 1.31 bits per heavy atom. The Hall–Kier alpha value is -2.32. The summed E-state index contributed by atoms with van der Waals surface area (Å²) in [7, 11) is 0. The molecule has 1 aromatic carbocycles. The minimum atomic E-state index is -4.85. The molecule has 9 heteroatoms. The van der Waals surface area contributed by atoms with Gasteiger partial charge in [0, 0.05) is 30.2 Å². The van der Waals surface area contributed by atoms with Gasteiger partial charge >= 0.3 is 6.18 Å². The number of fused-ring (bicyclic) bond motifs is 1. The maximum atomic E-state index is 13.2. The summed E-state index contributed by atoms with van der Waals surface area (Å²) in [5.74, 6) is -1.04. The average Bonchev–Trinajstić information content (AvgIpc) is 3.00. The van der Waals surface area contributed by atoms with Gasteiger partial charge in [-0.15, -0.1) is 0 Å². The van der Waals surface area contributed by atoms with E-state index in [0.717, 1.165) is 6.07 Å². The van der Waals surface area contributed by atoms with E-state index in [1.54, 1.807) is 0 Å². The number of nitrogens with zero attached hydrogens (tertiary/aromatic N) is 2. The van der Waals surface area contributed by atoms with E-state index in [1.165, 1.54) is 24.4 Å². The molecule has 0 fully saturated rings. The molecule has 1 aliphatic rings. The van der Waals surface area contributed by atoms with Crippen molar-refractivity contribution >= 4 is 28.9 Å². The number of hydrogen-bond donors (Lipinski definition) is 1. The maximum Gasteiger partial charge on any atom is 0.419 e. The number of aromatic nitrogens is 1. The van der Waals surface area contributed by atoms with E-state index in [4.69, 9.17) is 11.6 Å². The number of benzene rings is 1. The van der Waals surface area contributed by atoms with Crippen LogP contribution in [-0.4, -0.2) is 33.9 Å². The fraction of sp³-hybridized carbons (Fsp3) is 0.235. The lowest BCUT2D eigenvalue weighted by atomic mass is 9.97. The predicted molar refractivity (Wildman–Crippen MR) is 86.5 cm³/mol. The number of carbonyl (C=O) groups is 1. The first-order valence-electron chi connectivity index (χ1n) is 7.44. The van der Waals surface area contributed by atoms with Crippen LogP contribution in [0.4, 0.5) is 23.4 Å². The first-order valence-corrected chi connectivity index (χ1v) is 7.82. The normalized spacial score (nSPS) is 14.8. The lowest BCUT2D eigenvalue weighted by Crippen LogP contribution is -2.36. The van der Waals surface area contributed by atoms with Gasteiger partial charge in [0.2, 0.25) is 0 Å². The second-order valence-corrected chi connectivity index (χ2v) is 6.14. The molecular weight excluding hydrogens is 376 g/mol. The van der Waals surface area contributed by atoms with E-state index in [9.17, 15) is 27.5 Å². The Balaban J connectivity index is 1.84. The molecule has 0 saturated carbocycles. The fourth-order valence-corrected chi connectivity index (χ4v) is 2.85. The Kier molecular flexibility index (Phi) is 4.81. The first-order chi connectivity index (χ1) is 12.2. The van der Waals surface area contributed by atoms with Crippen LogP contribution in [0.2, 0.25) is 5.02 Å². The second kappa shape index (κ2) is 6.77. The highest BCUT2D eigenvalue weighted by molar-refractivity contribution is 6.30. The number of rotatable bonds is 4. The topological polar surface area (TPSA) is 62.5 Å². The van der Waals surface area contributed by atoms with Gasteiger partial charge in [-0.3, -0.25) is 4.79 Å². The van der Waals surface area contributed by atoms with Crippen LogP contribution < -0.4 is 0 Å². The molecule has 1 atom stereocenters. The largest absolute Gasteiger partial charge is 0.419 e. The molecule has 0 radical (unpaired) electrons. The van der Waals surface area contributed by atoms with Crippen molar-refractivity contribution in [3.63, 3.8) is 0 Å². The van der Waals surface area contributed by atoms with Crippen molar-refractivity contribution in [1.82, 2.24) is 4.98 Å². The van der Waals surface area contributed by atoms with Crippen LogP contribution in [0.15, 0.2) is 35.5 Å². The van der Waals surface area contributed by atoms with Crippen molar-refractivity contribution in [2.75, 3.05) is 0 Å². The summed E-state index contributed by atoms with van der Waals surface area (Å²) < 4.78 is 51.2. The summed E-state index contributed by atoms with van der Waals surface area (Å²) >= 11 is 5.68. The summed E-state index contributed by atoms with van der Waals surface area (Å²) in [6.45, 7) is 0. The minimum Gasteiger partial charge on any atom is -0.378 e. The highest BCUT2D eigenvalue weighted by atomic mass is 35.5. The van der Waals surface area contributed by atoms with Gasteiger partial charge in [-0.1, -0.05) is 17.7 Å². The van der Waals surface area contributed by atoms with Crippen LogP contribution in [0.5, 0.6) is 0 Å². The highest BCUT2D eigenvalue weighted by Gasteiger charge is 2.43. The SMILES string of the molecule is O=C(Cc1ccc(F)c(Cl)c1)c1ccnc2c1CC(C(O)C(F)(F)F)=N2. The molecule has 1 unspecified atom stereocenters. The number of halogens is 5. The number of aliphatic hydroxyl groups excluding tert-OH is 1. The molecule has 3 rings (SSSR count). The van der Waals surface area contributed by atoms with Crippen LogP contribution >= 0.6 is 11.6 Å². The lowest BCUT2D eigenvalue weighted by molar-refractivity contribution is -0.181. The van der Waals surface area contributed by atoms with Gasteiger partial charge in [-0.2, -0.15) is 13.2 Å². The van der Waals surface area contributed by atoms with E-state index in [1.807, 2.05) is 0 Å². The summed E-state index contributed by atoms with van der Waals surface area (Å²) in [5, 5.41) is 9.23. The van der Waals surface area contributed by atoms with Gasteiger partial charge in [-0.25, -0.2) is 14.4 Å². The molecule has 2 heterocycles. The quantitative estimate of drug-likeness (QED) is 0.641. The third kappa shape index (κ3) is 3.61. The van der Waals surface area contributed by atoms with E-state index in [0.29, 0.717) is 5.56 Å². The fourth-order valence-electron chi connectivity index (χ4n) is 2.65.